The van der Waals surface area contributed by atoms with Gasteiger partial charge in [-0.3, -0.25) is 0 Å². The van der Waals surface area contributed by atoms with E-state index < -0.39 is 25.8 Å². The molecular weight excluding hydrogens is 453 g/mol. The minimum atomic E-state index is -5.42. The van der Waals surface area contributed by atoms with Crippen LogP contribution in [0, 0.1) is 0 Å². The van der Waals surface area contributed by atoms with Gasteiger partial charge in [0.05, 0.1) is 10.6 Å². The second-order valence-corrected chi connectivity index (χ2v) is 11.1. The number of likely N-dealkylation sites (tertiary alicyclic amines) is 1. The first-order valence-electron chi connectivity index (χ1n) is 9.63. The summed E-state index contributed by atoms with van der Waals surface area (Å²) in [5, 5.41) is 2.28. The molecule has 1 aromatic heterocycles. The van der Waals surface area contributed by atoms with E-state index in [0.717, 1.165) is 17.8 Å². The number of sulfone groups is 1. The molecule has 6 nitrogen and oxygen atoms in total. The maximum absolute atomic E-state index is 12.8. The molecule has 0 radical (unpaired) electrons. The van der Waals surface area contributed by atoms with Gasteiger partial charge in [0.2, 0.25) is 0 Å². The Bertz CT molecular complexity index is 1050. The van der Waals surface area contributed by atoms with Crippen molar-refractivity contribution in [1.29, 1.82) is 0 Å². The van der Waals surface area contributed by atoms with E-state index in [9.17, 15) is 26.4 Å². The largest absolute Gasteiger partial charge is 0.501 e. The van der Waals surface area contributed by atoms with Crippen LogP contribution in [0.4, 0.5) is 18.0 Å². The van der Waals surface area contributed by atoms with E-state index in [0.29, 0.717) is 36.5 Å². The molecule has 2 aromatic rings. The van der Waals surface area contributed by atoms with E-state index in [1.165, 1.54) is 23.5 Å². The molecule has 0 bridgehead atoms. The van der Waals surface area contributed by atoms with Crippen molar-refractivity contribution in [3.8, 4) is 10.6 Å². The number of thiazole rings is 1. The Labute approximate surface area is 183 Å². The molecule has 11 heteroatoms. The first-order chi connectivity index (χ1) is 14.3. The zero-order valence-electron chi connectivity index (χ0n) is 17.3. The summed E-state index contributed by atoms with van der Waals surface area (Å²) in [6, 6.07) is 4.72. The zero-order chi connectivity index (χ0) is 23.0. The number of alkyl halides is 3. The molecule has 0 aliphatic carbocycles. The lowest BCUT2D eigenvalue weighted by molar-refractivity contribution is -0.0436. The first-order valence-corrected chi connectivity index (χ1v) is 12.0. The van der Waals surface area contributed by atoms with E-state index in [2.05, 4.69) is 4.98 Å². The molecule has 31 heavy (non-hydrogen) atoms. The third-order valence-electron chi connectivity index (χ3n) is 4.78. The van der Waals surface area contributed by atoms with Gasteiger partial charge in [0, 0.05) is 30.0 Å². The summed E-state index contributed by atoms with van der Waals surface area (Å²) in [4.78, 5) is 17.6. The number of carbonyl (C=O) groups excluding carboxylic acids is 1. The number of benzene rings is 1. The summed E-state index contributed by atoms with van der Waals surface area (Å²) >= 11 is 1.25. The average molecular weight is 477 g/mol. The van der Waals surface area contributed by atoms with Gasteiger partial charge >= 0.3 is 11.6 Å². The Kier molecular flexibility index (Phi) is 6.39. The number of rotatable bonds is 3. The van der Waals surface area contributed by atoms with Gasteiger partial charge in [-0.15, -0.1) is 11.3 Å². The van der Waals surface area contributed by atoms with Crippen molar-refractivity contribution in [1.82, 2.24) is 9.88 Å². The minimum Gasteiger partial charge on any atom is -0.444 e. The van der Waals surface area contributed by atoms with Gasteiger partial charge in [-0.1, -0.05) is 12.1 Å². The van der Waals surface area contributed by atoms with Crippen LogP contribution in [-0.2, 0) is 14.6 Å². The quantitative estimate of drug-likeness (QED) is 0.607. The van der Waals surface area contributed by atoms with Crippen LogP contribution in [-0.4, -0.2) is 48.6 Å². The van der Waals surface area contributed by atoms with E-state index >= 15 is 0 Å². The standard InChI is InChI=1S/C20H23F3N2O4S2/c1-19(2,3)29-18(26)25-9-7-13(8-10-25)16-12-30-17(24-16)14-5-4-6-15(11-14)31(27,28)20(21,22)23/h4-6,11-13H,7-10H2,1-3H3. The maximum Gasteiger partial charge on any atom is 0.501 e. The molecule has 1 aromatic carbocycles. The van der Waals surface area contributed by atoms with Gasteiger partial charge in [0.1, 0.15) is 10.6 Å². The molecule has 1 aliphatic rings. The van der Waals surface area contributed by atoms with Crippen LogP contribution in [0.25, 0.3) is 10.6 Å². The van der Waals surface area contributed by atoms with E-state index in [1.54, 1.807) is 4.90 Å². The highest BCUT2D eigenvalue weighted by Crippen LogP contribution is 2.35. The van der Waals surface area contributed by atoms with Crippen LogP contribution >= 0.6 is 11.3 Å². The lowest BCUT2D eigenvalue weighted by Gasteiger charge is -2.32. The molecule has 3 rings (SSSR count). The normalized spacial score (nSPS) is 16.4. The highest BCUT2D eigenvalue weighted by Gasteiger charge is 2.46. The van der Waals surface area contributed by atoms with Crippen LogP contribution < -0.4 is 0 Å². The van der Waals surface area contributed by atoms with Gasteiger partial charge in [-0.05, 0) is 45.7 Å². The summed E-state index contributed by atoms with van der Waals surface area (Å²) in [5.41, 5.74) is -4.83. The van der Waals surface area contributed by atoms with Gasteiger partial charge < -0.3 is 9.64 Å². The van der Waals surface area contributed by atoms with Crippen molar-refractivity contribution < 1.29 is 31.1 Å². The van der Waals surface area contributed by atoms with Crippen molar-refractivity contribution >= 4 is 27.3 Å². The summed E-state index contributed by atoms with van der Waals surface area (Å²) < 4.78 is 67.3. The molecule has 1 saturated heterocycles. The van der Waals surface area contributed by atoms with Gasteiger partial charge in [0.25, 0.3) is 9.84 Å². The highest BCUT2D eigenvalue weighted by atomic mass is 32.2. The van der Waals surface area contributed by atoms with Gasteiger partial charge in [0.15, 0.2) is 0 Å². The summed E-state index contributed by atoms with van der Waals surface area (Å²) in [7, 11) is -5.42. The van der Waals surface area contributed by atoms with Crippen LogP contribution in [0.1, 0.15) is 45.2 Å². The Morgan fingerprint density at radius 2 is 1.84 bits per heavy atom. The Hall–Kier alpha value is -2.14. The number of hydrogen-bond donors (Lipinski definition) is 0. The fourth-order valence-electron chi connectivity index (χ4n) is 3.22. The smallest absolute Gasteiger partial charge is 0.444 e. The van der Waals surface area contributed by atoms with E-state index in [1.807, 2.05) is 26.2 Å². The lowest BCUT2D eigenvalue weighted by atomic mass is 9.94. The molecule has 0 atom stereocenters. The summed E-state index contributed by atoms with van der Waals surface area (Å²) in [6.07, 6.45) is 1.02. The number of ether oxygens (including phenoxy) is 1. The third kappa shape index (κ3) is 5.38. The van der Waals surface area contributed by atoms with Crippen LogP contribution in [0.2, 0.25) is 0 Å². The Morgan fingerprint density at radius 1 is 1.19 bits per heavy atom. The fourth-order valence-corrected chi connectivity index (χ4v) is 4.93. The first kappa shape index (κ1) is 23.5. The van der Waals surface area contributed by atoms with E-state index in [4.69, 9.17) is 4.74 Å². The van der Waals surface area contributed by atoms with Crippen molar-refractivity contribution in [2.24, 2.45) is 0 Å². The van der Waals surface area contributed by atoms with Crippen molar-refractivity contribution in [2.75, 3.05) is 13.1 Å². The number of nitrogens with zero attached hydrogens (tertiary/aromatic N) is 2. The number of amides is 1. The SMILES string of the molecule is CC(C)(C)OC(=O)N1CCC(c2csc(-c3cccc(S(=O)(=O)C(F)(F)F)c3)n2)CC1. The van der Waals surface area contributed by atoms with Crippen LogP contribution in [0.5, 0.6) is 0 Å². The molecule has 0 spiro atoms. The number of hydrogen-bond acceptors (Lipinski definition) is 6. The maximum atomic E-state index is 12.8. The minimum absolute atomic E-state index is 0.103. The fraction of sp³-hybridized carbons (Fsp3) is 0.500. The monoisotopic (exact) mass is 476 g/mol. The molecule has 1 aliphatic heterocycles. The molecular formula is C20H23F3N2O4S2. The summed E-state index contributed by atoms with van der Waals surface area (Å²) in [6.45, 7) is 6.47. The van der Waals surface area contributed by atoms with E-state index in [-0.39, 0.29) is 12.0 Å². The van der Waals surface area contributed by atoms with Gasteiger partial charge in [-0.25, -0.2) is 18.2 Å². The Morgan fingerprint density at radius 3 is 2.42 bits per heavy atom. The van der Waals surface area contributed by atoms with Crippen LogP contribution in [0.15, 0.2) is 34.5 Å². The number of aromatic nitrogens is 1. The highest BCUT2D eigenvalue weighted by molar-refractivity contribution is 7.92. The molecule has 1 amide bonds. The van der Waals surface area contributed by atoms with Crippen molar-refractivity contribution in [3.05, 3.63) is 35.3 Å². The molecule has 2 heterocycles. The van der Waals surface area contributed by atoms with Gasteiger partial charge in [-0.2, -0.15) is 13.2 Å². The van der Waals surface area contributed by atoms with Crippen molar-refractivity contribution in [3.63, 3.8) is 0 Å². The predicted octanol–water partition coefficient (Wildman–Crippen LogP) is 5.22. The summed E-state index contributed by atoms with van der Waals surface area (Å²) in [5.74, 6) is 0.103. The number of halogens is 3. The predicted molar refractivity (Wildman–Crippen MR) is 111 cm³/mol. The zero-order valence-corrected chi connectivity index (χ0v) is 18.9. The van der Waals surface area contributed by atoms with Crippen molar-refractivity contribution in [2.45, 2.75) is 55.5 Å². The second-order valence-electron chi connectivity index (χ2n) is 8.30. The number of carbonyl (C=O) groups is 1. The topological polar surface area (TPSA) is 76.6 Å². The Balaban J connectivity index is 1.71. The lowest BCUT2D eigenvalue weighted by Crippen LogP contribution is -2.41. The third-order valence-corrected chi connectivity index (χ3v) is 7.18. The molecule has 0 N–H and O–H groups in total. The molecule has 0 saturated carbocycles. The molecule has 0 unspecified atom stereocenters. The average Bonchev–Trinajstić information content (AvgIpc) is 3.16. The second kappa shape index (κ2) is 8.42. The van der Waals surface area contributed by atoms with Crippen LogP contribution in [0.3, 0.4) is 0 Å². The number of piperidine rings is 1. The molecule has 170 valence electrons. The molecule has 1 fully saturated rings.